The lowest BCUT2D eigenvalue weighted by molar-refractivity contribution is 0.174. The van der Waals surface area contributed by atoms with Crippen molar-refractivity contribution in [3.8, 4) is 28.6 Å². The Hall–Kier alpha value is -4.54. The maximum atomic E-state index is 13.0. The van der Waals surface area contributed by atoms with Crippen molar-refractivity contribution in [3.05, 3.63) is 70.1 Å². The van der Waals surface area contributed by atoms with E-state index in [2.05, 4.69) is 25.4 Å². The Morgan fingerprint density at radius 2 is 1.91 bits per heavy atom. The van der Waals surface area contributed by atoms with Gasteiger partial charge in [-0.1, -0.05) is 16.4 Å². The van der Waals surface area contributed by atoms with Gasteiger partial charge >= 0.3 is 0 Å². The molecule has 33 heavy (non-hydrogen) atoms. The molecule has 5 aromatic rings. The molecule has 0 fully saturated rings. The smallest absolute Gasteiger partial charge is 0.284 e. The van der Waals surface area contributed by atoms with Gasteiger partial charge in [-0.2, -0.15) is 9.67 Å². The molecule has 3 aromatic heterocycles. The van der Waals surface area contributed by atoms with E-state index in [1.165, 1.54) is 10.9 Å². The molecule has 11 heteroatoms. The van der Waals surface area contributed by atoms with Crippen LogP contribution in [0.1, 0.15) is 17.0 Å². The highest BCUT2D eigenvalue weighted by Gasteiger charge is 2.18. The molecule has 164 valence electrons. The molecule has 2 aromatic carbocycles. The number of hydrogen-bond acceptors (Lipinski definition) is 9. The van der Waals surface area contributed by atoms with Gasteiger partial charge in [-0.25, -0.2) is 4.98 Å². The first-order chi connectivity index (χ1) is 16.1. The van der Waals surface area contributed by atoms with E-state index >= 15 is 0 Å². The van der Waals surface area contributed by atoms with Crippen molar-refractivity contribution in [1.29, 1.82) is 0 Å². The van der Waals surface area contributed by atoms with Gasteiger partial charge in [-0.05, 0) is 55.3 Å². The van der Waals surface area contributed by atoms with Crippen LogP contribution in [0, 0.1) is 13.8 Å². The van der Waals surface area contributed by atoms with Crippen LogP contribution in [0.4, 0.5) is 0 Å². The first-order valence-corrected chi connectivity index (χ1v) is 10.2. The summed E-state index contributed by atoms with van der Waals surface area (Å²) >= 11 is 0. The monoisotopic (exact) mass is 443 g/mol. The van der Waals surface area contributed by atoms with Crippen molar-refractivity contribution in [1.82, 2.24) is 34.7 Å². The van der Waals surface area contributed by atoms with Gasteiger partial charge in [0, 0.05) is 5.56 Å². The summed E-state index contributed by atoms with van der Waals surface area (Å²) in [5.74, 6) is 1.93. The fraction of sp³-hybridized carbons (Fsp3) is 0.182. The summed E-state index contributed by atoms with van der Waals surface area (Å²) in [5.41, 5.74) is 3.97. The molecule has 0 atom stereocenters. The molecule has 0 amide bonds. The van der Waals surface area contributed by atoms with E-state index in [0.29, 0.717) is 28.5 Å². The molecule has 0 saturated carbocycles. The minimum atomic E-state index is -0.349. The second-order valence-electron chi connectivity index (χ2n) is 7.70. The third-order valence-corrected chi connectivity index (χ3v) is 5.57. The Morgan fingerprint density at radius 1 is 1.03 bits per heavy atom. The normalized spacial score (nSPS) is 12.5. The van der Waals surface area contributed by atoms with Gasteiger partial charge in [0.25, 0.3) is 5.56 Å². The lowest BCUT2D eigenvalue weighted by atomic mass is 10.1. The van der Waals surface area contributed by atoms with Gasteiger partial charge in [0.2, 0.25) is 18.5 Å². The van der Waals surface area contributed by atoms with E-state index in [9.17, 15) is 4.79 Å². The quantitative estimate of drug-likeness (QED) is 0.412. The van der Waals surface area contributed by atoms with Crippen LogP contribution in [0.2, 0.25) is 0 Å². The molecule has 11 nitrogen and oxygen atoms in total. The number of fused-ring (bicyclic) bond motifs is 2. The molecule has 4 heterocycles. The van der Waals surface area contributed by atoms with Crippen molar-refractivity contribution >= 4 is 11.2 Å². The molecule has 1 aliphatic heterocycles. The highest BCUT2D eigenvalue weighted by molar-refractivity contribution is 5.70. The fourth-order valence-electron chi connectivity index (χ4n) is 3.61. The van der Waals surface area contributed by atoms with Crippen LogP contribution in [0.3, 0.4) is 0 Å². The molecule has 1 aliphatic rings. The number of rotatable bonds is 4. The number of aryl methyl sites for hydroxylation is 2. The van der Waals surface area contributed by atoms with Crippen molar-refractivity contribution in [2.75, 3.05) is 6.79 Å². The number of benzene rings is 2. The van der Waals surface area contributed by atoms with Crippen LogP contribution in [0.25, 0.3) is 28.2 Å². The van der Waals surface area contributed by atoms with Crippen molar-refractivity contribution < 1.29 is 14.0 Å². The van der Waals surface area contributed by atoms with Gasteiger partial charge in [0.15, 0.2) is 22.7 Å². The van der Waals surface area contributed by atoms with Crippen molar-refractivity contribution in [3.63, 3.8) is 0 Å². The highest BCUT2D eigenvalue weighted by atomic mass is 16.7. The number of aromatic nitrogens is 7. The second-order valence-corrected chi connectivity index (χ2v) is 7.70. The lowest BCUT2D eigenvalue weighted by Crippen LogP contribution is -2.21. The molecule has 0 unspecified atom stereocenters. The summed E-state index contributed by atoms with van der Waals surface area (Å²) in [6.07, 6.45) is 1.43. The highest BCUT2D eigenvalue weighted by Crippen LogP contribution is 2.35. The first-order valence-electron chi connectivity index (χ1n) is 10.2. The third kappa shape index (κ3) is 3.21. The first kappa shape index (κ1) is 19.2. The summed E-state index contributed by atoms with van der Waals surface area (Å²) in [4.78, 5) is 21.8. The van der Waals surface area contributed by atoms with Gasteiger partial charge in [0.05, 0.1) is 5.69 Å². The molecule has 0 radical (unpaired) electrons. The molecule has 0 aliphatic carbocycles. The number of nitrogens with zero attached hydrogens (tertiary/aromatic N) is 7. The van der Waals surface area contributed by atoms with Crippen molar-refractivity contribution in [2.45, 2.75) is 20.4 Å². The van der Waals surface area contributed by atoms with E-state index in [4.69, 9.17) is 14.0 Å². The molecular weight excluding hydrogens is 426 g/mol. The SMILES string of the molecule is Cc1ccc(-n2nnc3c(=O)n(Cc4nc(-c5ccc6c(c5)OCO6)no4)cnc32)cc1C. The minimum absolute atomic E-state index is 0.0514. The Morgan fingerprint density at radius 3 is 2.79 bits per heavy atom. The minimum Gasteiger partial charge on any atom is -0.454 e. The van der Waals surface area contributed by atoms with E-state index in [-0.39, 0.29) is 30.3 Å². The topological polar surface area (TPSA) is 123 Å². The predicted octanol–water partition coefficient (Wildman–Crippen LogP) is 2.42. The van der Waals surface area contributed by atoms with Crippen LogP contribution in [0.5, 0.6) is 11.5 Å². The Bertz CT molecular complexity index is 1580. The largest absolute Gasteiger partial charge is 0.454 e. The van der Waals surface area contributed by atoms with Crippen LogP contribution in [-0.4, -0.2) is 41.5 Å². The Balaban J connectivity index is 1.30. The average Bonchev–Trinajstić information content (AvgIpc) is 3.56. The number of ether oxygens (including phenoxy) is 2. The summed E-state index contributed by atoms with van der Waals surface area (Å²) in [7, 11) is 0. The third-order valence-electron chi connectivity index (χ3n) is 5.57. The summed E-state index contributed by atoms with van der Waals surface area (Å²) in [6.45, 7) is 4.28. The van der Waals surface area contributed by atoms with E-state index in [0.717, 1.165) is 16.8 Å². The maximum Gasteiger partial charge on any atom is 0.284 e. The average molecular weight is 443 g/mol. The van der Waals surface area contributed by atoms with Crippen molar-refractivity contribution in [2.24, 2.45) is 0 Å². The predicted molar refractivity (Wildman–Crippen MR) is 115 cm³/mol. The zero-order chi connectivity index (χ0) is 22.5. The van der Waals surface area contributed by atoms with Gasteiger partial charge < -0.3 is 14.0 Å². The molecule has 0 spiro atoms. The molecular formula is C22H17N7O4. The van der Waals surface area contributed by atoms with Crippen LogP contribution in [0.15, 0.2) is 52.0 Å². The molecule has 6 rings (SSSR count). The Labute approximate surface area is 186 Å². The second kappa shape index (κ2) is 7.26. The van der Waals surface area contributed by atoms with Gasteiger partial charge in [-0.15, -0.1) is 5.10 Å². The Kier molecular flexibility index (Phi) is 4.22. The van der Waals surface area contributed by atoms with Gasteiger partial charge in [-0.3, -0.25) is 9.36 Å². The van der Waals surface area contributed by atoms with E-state index in [1.807, 2.05) is 38.1 Å². The molecule has 0 N–H and O–H groups in total. The van der Waals surface area contributed by atoms with Crippen LogP contribution < -0.4 is 15.0 Å². The summed E-state index contributed by atoms with van der Waals surface area (Å²) in [6, 6.07) is 11.3. The zero-order valence-electron chi connectivity index (χ0n) is 17.7. The maximum absolute atomic E-state index is 13.0. The van der Waals surface area contributed by atoms with E-state index in [1.54, 1.807) is 16.8 Å². The molecule has 0 saturated heterocycles. The zero-order valence-corrected chi connectivity index (χ0v) is 17.7. The summed E-state index contributed by atoms with van der Waals surface area (Å²) in [5, 5.41) is 12.2. The van der Waals surface area contributed by atoms with Crippen LogP contribution >= 0.6 is 0 Å². The van der Waals surface area contributed by atoms with E-state index < -0.39 is 0 Å². The lowest BCUT2D eigenvalue weighted by Gasteiger charge is -2.05. The van der Waals surface area contributed by atoms with Crippen LogP contribution in [-0.2, 0) is 6.54 Å². The van der Waals surface area contributed by atoms with Gasteiger partial charge in [0.1, 0.15) is 12.9 Å². The number of hydrogen-bond donors (Lipinski definition) is 0. The molecule has 0 bridgehead atoms. The summed E-state index contributed by atoms with van der Waals surface area (Å²) < 4.78 is 19.0. The fourth-order valence-corrected chi connectivity index (χ4v) is 3.61. The standard InChI is InChI=1S/C22H17N7O4/c1-12-3-5-15(7-13(12)2)29-21-19(25-27-29)22(30)28(10-23-21)9-18-24-20(26-33-18)14-4-6-16-17(8-14)32-11-31-16/h3-8,10H,9,11H2,1-2H3.